The van der Waals surface area contributed by atoms with Crippen molar-refractivity contribution in [2.24, 2.45) is 0 Å². The summed E-state index contributed by atoms with van der Waals surface area (Å²) in [6.45, 7) is -0.695. The fourth-order valence-electron chi connectivity index (χ4n) is 1.87. The van der Waals surface area contributed by atoms with Crippen molar-refractivity contribution in [3.05, 3.63) is 59.7 Å². The third kappa shape index (κ3) is 4.45. The van der Waals surface area contributed by atoms with Crippen LogP contribution in [0.15, 0.2) is 47.4 Å². The number of benzene rings is 2. The Kier molecular flexibility index (Phi) is 5.75. The van der Waals surface area contributed by atoms with Crippen LogP contribution in [-0.4, -0.2) is 28.9 Å². The van der Waals surface area contributed by atoms with E-state index in [1.165, 1.54) is 18.4 Å². The Labute approximate surface area is 139 Å². The number of rotatable bonds is 5. The monoisotopic (exact) mass is 353 g/mol. The SMILES string of the molecule is C[S@@](=O)c1ccccc1C(=O)OCC(=O)Nc1cc(F)ccc1F. The number of hydrogen-bond acceptors (Lipinski definition) is 4. The summed E-state index contributed by atoms with van der Waals surface area (Å²) in [6.07, 6.45) is 1.41. The minimum Gasteiger partial charge on any atom is -0.452 e. The molecule has 2 rings (SSSR count). The summed E-state index contributed by atoms with van der Waals surface area (Å²) in [7, 11) is -1.41. The zero-order valence-electron chi connectivity index (χ0n) is 12.5. The highest BCUT2D eigenvalue weighted by atomic mass is 32.2. The van der Waals surface area contributed by atoms with Crippen molar-refractivity contribution in [2.75, 3.05) is 18.2 Å². The molecule has 0 radical (unpaired) electrons. The van der Waals surface area contributed by atoms with Crippen LogP contribution in [0.1, 0.15) is 10.4 Å². The topological polar surface area (TPSA) is 72.5 Å². The standard InChI is InChI=1S/C16H13F2NO4S/c1-24(22)14-5-3-2-4-11(14)16(21)23-9-15(20)19-13-8-10(17)6-7-12(13)18/h2-8H,9H2,1H3,(H,19,20)/t24-/m1/s1. The molecule has 8 heteroatoms. The lowest BCUT2D eigenvalue weighted by Crippen LogP contribution is -2.22. The highest BCUT2D eigenvalue weighted by Crippen LogP contribution is 2.16. The second kappa shape index (κ2) is 7.78. The summed E-state index contributed by atoms with van der Waals surface area (Å²) in [5.41, 5.74) is -0.283. The maximum Gasteiger partial charge on any atom is 0.339 e. The van der Waals surface area contributed by atoms with Crippen molar-refractivity contribution in [1.82, 2.24) is 0 Å². The first-order valence-electron chi connectivity index (χ1n) is 6.73. The van der Waals surface area contributed by atoms with Crippen LogP contribution in [-0.2, 0) is 20.3 Å². The molecular weight excluding hydrogens is 340 g/mol. The summed E-state index contributed by atoms with van der Waals surface area (Å²) in [6, 6.07) is 8.70. The predicted molar refractivity (Wildman–Crippen MR) is 84.0 cm³/mol. The molecule has 0 fully saturated rings. The van der Waals surface area contributed by atoms with Crippen molar-refractivity contribution >= 4 is 28.4 Å². The van der Waals surface area contributed by atoms with Gasteiger partial charge in [-0.15, -0.1) is 0 Å². The zero-order chi connectivity index (χ0) is 17.7. The molecule has 0 bridgehead atoms. The summed E-state index contributed by atoms with van der Waals surface area (Å²) in [4.78, 5) is 23.9. The summed E-state index contributed by atoms with van der Waals surface area (Å²) >= 11 is 0. The highest BCUT2D eigenvalue weighted by Gasteiger charge is 2.16. The van der Waals surface area contributed by atoms with Crippen molar-refractivity contribution < 1.29 is 27.3 Å². The van der Waals surface area contributed by atoms with Crippen LogP contribution in [0.25, 0.3) is 0 Å². The average Bonchev–Trinajstić information content (AvgIpc) is 2.56. The van der Waals surface area contributed by atoms with Crippen molar-refractivity contribution in [1.29, 1.82) is 0 Å². The maximum atomic E-state index is 13.4. The van der Waals surface area contributed by atoms with Gasteiger partial charge in [0.1, 0.15) is 11.6 Å². The molecule has 0 aliphatic rings. The number of nitrogens with one attached hydrogen (secondary N) is 1. The lowest BCUT2D eigenvalue weighted by Gasteiger charge is -2.09. The van der Waals surface area contributed by atoms with Crippen molar-refractivity contribution in [2.45, 2.75) is 4.90 Å². The molecule has 0 heterocycles. The normalized spacial score (nSPS) is 11.6. The molecule has 24 heavy (non-hydrogen) atoms. The fourth-order valence-corrected chi connectivity index (χ4v) is 2.61. The molecule has 0 spiro atoms. The first kappa shape index (κ1) is 17.7. The van der Waals surface area contributed by atoms with E-state index in [4.69, 9.17) is 4.74 Å². The number of esters is 1. The molecule has 5 nitrogen and oxygen atoms in total. The molecule has 0 saturated heterocycles. The predicted octanol–water partition coefficient (Wildman–Crippen LogP) is 2.50. The molecule has 0 aliphatic heterocycles. The largest absolute Gasteiger partial charge is 0.452 e. The van der Waals surface area contributed by atoms with Gasteiger partial charge in [0, 0.05) is 12.3 Å². The van der Waals surface area contributed by atoms with E-state index in [0.29, 0.717) is 0 Å². The van der Waals surface area contributed by atoms with Gasteiger partial charge in [0.25, 0.3) is 5.91 Å². The summed E-state index contributed by atoms with van der Waals surface area (Å²) < 4.78 is 42.8. The third-order valence-electron chi connectivity index (χ3n) is 2.95. The van der Waals surface area contributed by atoms with E-state index >= 15 is 0 Å². The smallest absolute Gasteiger partial charge is 0.339 e. The maximum absolute atomic E-state index is 13.4. The van der Waals surface area contributed by atoms with Gasteiger partial charge >= 0.3 is 5.97 Å². The molecule has 2 aromatic carbocycles. The second-order valence-corrected chi connectivity index (χ2v) is 6.05. The van der Waals surface area contributed by atoms with Gasteiger partial charge in [0.05, 0.1) is 26.9 Å². The van der Waals surface area contributed by atoms with Crippen LogP contribution in [0.5, 0.6) is 0 Å². The first-order chi connectivity index (χ1) is 11.4. The molecule has 2 aromatic rings. The summed E-state index contributed by atoms with van der Waals surface area (Å²) in [5, 5.41) is 2.10. The van der Waals surface area contributed by atoms with E-state index in [9.17, 15) is 22.6 Å². The molecule has 1 N–H and O–H groups in total. The number of hydrogen-bond donors (Lipinski definition) is 1. The minimum absolute atomic E-state index is 0.0723. The van der Waals surface area contributed by atoms with Gasteiger partial charge < -0.3 is 10.1 Å². The van der Waals surface area contributed by atoms with Gasteiger partial charge in [-0.05, 0) is 24.3 Å². The second-order valence-electron chi connectivity index (χ2n) is 4.70. The quantitative estimate of drug-likeness (QED) is 0.839. The number of carbonyl (C=O) groups is 2. The highest BCUT2D eigenvalue weighted by molar-refractivity contribution is 7.84. The molecule has 0 saturated carbocycles. The van der Waals surface area contributed by atoms with E-state index in [-0.39, 0.29) is 16.1 Å². The molecule has 0 aromatic heterocycles. The lowest BCUT2D eigenvalue weighted by molar-refractivity contribution is -0.119. The molecule has 0 aliphatic carbocycles. The third-order valence-corrected chi connectivity index (χ3v) is 3.93. The van der Waals surface area contributed by atoms with Crippen LogP contribution in [0.2, 0.25) is 0 Å². The lowest BCUT2D eigenvalue weighted by atomic mass is 10.2. The number of amides is 1. The van der Waals surface area contributed by atoms with Gasteiger partial charge in [-0.2, -0.15) is 0 Å². The van der Waals surface area contributed by atoms with E-state index in [1.54, 1.807) is 12.1 Å². The zero-order valence-corrected chi connectivity index (χ0v) is 13.4. The van der Waals surface area contributed by atoms with Crippen LogP contribution in [0, 0.1) is 11.6 Å². The Morgan fingerprint density at radius 1 is 1.17 bits per heavy atom. The Hall–Kier alpha value is -2.61. The van der Waals surface area contributed by atoms with Gasteiger partial charge in [-0.3, -0.25) is 9.00 Å². The minimum atomic E-state index is -1.41. The number of carbonyl (C=O) groups excluding carboxylic acids is 2. The fraction of sp³-hybridized carbons (Fsp3) is 0.125. The Morgan fingerprint density at radius 3 is 2.58 bits per heavy atom. The van der Waals surface area contributed by atoms with Gasteiger partial charge in [0.15, 0.2) is 6.61 Å². The summed E-state index contributed by atoms with van der Waals surface area (Å²) in [5.74, 6) is -3.20. The molecular formula is C16H13F2NO4S. The Balaban J connectivity index is 2.00. The van der Waals surface area contributed by atoms with Gasteiger partial charge in [-0.25, -0.2) is 13.6 Å². The van der Waals surface area contributed by atoms with Crippen LogP contribution < -0.4 is 5.32 Å². The van der Waals surface area contributed by atoms with Gasteiger partial charge in [-0.1, -0.05) is 12.1 Å². The molecule has 1 atom stereocenters. The van der Waals surface area contributed by atoms with E-state index < -0.39 is 40.9 Å². The van der Waals surface area contributed by atoms with Gasteiger partial charge in [0.2, 0.25) is 0 Å². The van der Waals surface area contributed by atoms with Crippen molar-refractivity contribution in [3.8, 4) is 0 Å². The van der Waals surface area contributed by atoms with Crippen molar-refractivity contribution in [3.63, 3.8) is 0 Å². The van der Waals surface area contributed by atoms with Crippen LogP contribution in [0.3, 0.4) is 0 Å². The van der Waals surface area contributed by atoms with E-state index in [1.807, 2.05) is 0 Å². The molecule has 126 valence electrons. The van der Waals surface area contributed by atoms with Crippen LogP contribution >= 0.6 is 0 Å². The van der Waals surface area contributed by atoms with Crippen LogP contribution in [0.4, 0.5) is 14.5 Å². The number of ether oxygens (including phenoxy) is 1. The number of anilines is 1. The number of halogens is 2. The Bertz CT molecular complexity index is 810. The average molecular weight is 353 g/mol. The van der Waals surface area contributed by atoms with E-state index in [2.05, 4.69) is 5.32 Å². The first-order valence-corrected chi connectivity index (χ1v) is 8.29. The van der Waals surface area contributed by atoms with E-state index in [0.717, 1.165) is 18.2 Å². The Morgan fingerprint density at radius 2 is 1.88 bits per heavy atom. The molecule has 0 unspecified atom stereocenters. The molecule has 1 amide bonds.